The number of aromatic nitrogens is 3. The Bertz CT molecular complexity index is 396. The van der Waals surface area contributed by atoms with Crippen molar-refractivity contribution >= 4 is 5.82 Å². The topological polar surface area (TPSA) is 62.8 Å². The van der Waals surface area contributed by atoms with Crippen LogP contribution in [0, 0.1) is 0 Å². The largest absolute Gasteiger partial charge is 0.495 e. The zero-order valence-electron chi connectivity index (χ0n) is 8.40. The van der Waals surface area contributed by atoms with E-state index in [4.69, 9.17) is 4.74 Å². The Balaban J connectivity index is 1.93. The van der Waals surface area contributed by atoms with Gasteiger partial charge in [0.1, 0.15) is 17.4 Å². The van der Waals surface area contributed by atoms with Crippen molar-refractivity contribution in [2.45, 2.75) is 6.54 Å². The van der Waals surface area contributed by atoms with Crippen LogP contribution in [0.25, 0.3) is 0 Å². The predicted molar refractivity (Wildman–Crippen MR) is 56.7 cm³/mol. The van der Waals surface area contributed by atoms with Gasteiger partial charge in [0.25, 0.3) is 0 Å². The van der Waals surface area contributed by atoms with Gasteiger partial charge in [-0.25, -0.2) is 9.97 Å². The number of hydrogen-bond donors (Lipinski definition) is 2. The van der Waals surface area contributed by atoms with Gasteiger partial charge in [0.2, 0.25) is 0 Å². The van der Waals surface area contributed by atoms with E-state index in [1.165, 1.54) is 0 Å². The standard InChI is InChI=1S/C10H12N4O/c1-15-8-2-3-9(13-6-8)14-7-10-11-4-5-12-10/h2-6H,7H2,1H3,(H,11,12)(H,13,14). The SMILES string of the molecule is COc1ccc(NCc2ncc[nH]2)nc1. The number of aromatic amines is 1. The zero-order chi connectivity index (χ0) is 10.5. The lowest BCUT2D eigenvalue weighted by molar-refractivity contribution is 0.413. The molecule has 0 bridgehead atoms. The second-order valence-corrected chi connectivity index (χ2v) is 2.97. The third-order valence-corrected chi connectivity index (χ3v) is 1.96. The van der Waals surface area contributed by atoms with Gasteiger partial charge in [0.15, 0.2) is 0 Å². The minimum Gasteiger partial charge on any atom is -0.495 e. The smallest absolute Gasteiger partial charge is 0.137 e. The van der Waals surface area contributed by atoms with Gasteiger partial charge in [-0.2, -0.15) is 0 Å². The molecule has 78 valence electrons. The summed E-state index contributed by atoms with van der Waals surface area (Å²) in [6.07, 6.45) is 5.18. The van der Waals surface area contributed by atoms with E-state index in [2.05, 4.69) is 20.3 Å². The lowest BCUT2D eigenvalue weighted by Crippen LogP contribution is -2.02. The van der Waals surface area contributed by atoms with Crippen LogP contribution in [0.2, 0.25) is 0 Å². The number of hydrogen-bond acceptors (Lipinski definition) is 4. The first kappa shape index (κ1) is 9.51. The third kappa shape index (κ3) is 2.46. The first-order valence-electron chi connectivity index (χ1n) is 4.60. The van der Waals surface area contributed by atoms with Gasteiger partial charge >= 0.3 is 0 Å². The molecule has 0 radical (unpaired) electrons. The molecule has 5 heteroatoms. The number of nitrogens with one attached hydrogen (secondary N) is 2. The van der Waals surface area contributed by atoms with E-state index in [1.807, 2.05) is 12.1 Å². The Kier molecular flexibility index (Phi) is 2.82. The molecule has 0 saturated carbocycles. The maximum Gasteiger partial charge on any atom is 0.137 e. The molecule has 0 aromatic carbocycles. The van der Waals surface area contributed by atoms with E-state index < -0.39 is 0 Å². The Morgan fingerprint density at radius 1 is 1.40 bits per heavy atom. The van der Waals surface area contributed by atoms with Gasteiger partial charge in [0, 0.05) is 12.4 Å². The van der Waals surface area contributed by atoms with Crippen molar-refractivity contribution in [2.24, 2.45) is 0 Å². The lowest BCUT2D eigenvalue weighted by Gasteiger charge is -2.04. The van der Waals surface area contributed by atoms with E-state index in [9.17, 15) is 0 Å². The number of methoxy groups -OCH3 is 1. The van der Waals surface area contributed by atoms with E-state index in [0.717, 1.165) is 17.4 Å². The molecule has 5 nitrogen and oxygen atoms in total. The summed E-state index contributed by atoms with van der Waals surface area (Å²) in [6, 6.07) is 3.72. The van der Waals surface area contributed by atoms with Gasteiger partial charge in [-0.1, -0.05) is 0 Å². The van der Waals surface area contributed by atoms with Crippen molar-refractivity contribution < 1.29 is 4.74 Å². The summed E-state index contributed by atoms with van der Waals surface area (Å²) in [7, 11) is 1.62. The molecular formula is C10H12N4O. The third-order valence-electron chi connectivity index (χ3n) is 1.96. The maximum atomic E-state index is 5.01. The molecule has 15 heavy (non-hydrogen) atoms. The van der Waals surface area contributed by atoms with Crippen molar-refractivity contribution in [3.8, 4) is 5.75 Å². The molecule has 0 spiro atoms. The Hall–Kier alpha value is -2.04. The summed E-state index contributed by atoms with van der Waals surface area (Å²) in [5, 5.41) is 3.14. The van der Waals surface area contributed by atoms with E-state index in [1.54, 1.807) is 25.7 Å². The molecule has 2 N–H and O–H groups in total. The summed E-state index contributed by atoms with van der Waals surface area (Å²) in [6.45, 7) is 0.631. The minimum atomic E-state index is 0.631. The highest BCUT2D eigenvalue weighted by atomic mass is 16.5. The monoisotopic (exact) mass is 204 g/mol. The molecule has 0 aliphatic heterocycles. The summed E-state index contributed by atoms with van der Waals surface area (Å²) < 4.78 is 5.01. The van der Waals surface area contributed by atoms with Crippen LogP contribution in [-0.4, -0.2) is 22.1 Å². The summed E-state index contributed by atoms with van der Waals surface area (Å²) in [4.78, 5) is 11.3. The van der Waals surface area contributed by atoms with Crippen LogP contribution >= 0.6 is 0 Å². The Morgan fingerprint density at radius 2 is 2.33 bits per heavy atom. The fraction of sp³-hybridized carbons (Fsp3) is 0.200. The average Bonchev–Trinajstić information content (AvgIpc) is 2.80. The van der Waals surface area contributed by atoms with E-state index in [-0.39, 0.29) is 0 Å². The molecule has 0 aliphatic carbocycles. The van der Waals surface area contributed by atoms with E-state index in [0.29, 0.717) is 6.54 Å². The molecular weight excluding hydrogens is 192 g/mol. The highest BCUT2D eigenvalue weighted by molar-refractivity contribution is 5.37. The van der Waals surface area contributed by atoms with Crippen LogP contribution in [0.4, 0.5) is 5.82 Å². The van der Waals surface area contributed by atoms with Crippen LogP contribution in [0.1, 0.15) is 5.82 Å². The summed E-state index contributed by atoms with van der Waals surface area (Å²) >= 11 is 0. The minimum absolute atomic E-state index is 0.631. The highest BCUT2D eigenvalue weighted by Gasteiger charge is 1.96. The van der Waals surface area contributed by atoms with Gasteiger partial charge in [0.05, 0.1) is 19.9 Å². The Morgan fingerprint density at radius 3 is 2.93 bits per heavy atom. The average molecular weight is 204 g/mol. The zero-order valence-corrected chi connectivity index (χ0v) is 8.40. The second kappa shape index (κ2) is 4.45. The van der Waals surface area contributed by atoms with Crippen molar-refractivity contribution in [3.63, 3.8) is 0 Å². The van der Waals surface area contributed by atoms with Crippen LogP contribution in [0.5, 0.6) is 5.75 Å². The number of pyridine rings is 1. The quantitative estimate of drug-likeness (QED) is 0.790. The number of nitrogens with zero attached hydrogens (tertiary/aromatic N) is 2. The Labute approximate surface area is 87.5 Å². The molecule has 2 rings (SSSR count). The molecule has 0 aliphatic rings. The highest BCUT2D eigenvalue weighted by Crippen LogP contribution is 2.11. The van der Waals surface area contributed by atoms with Gasteiger partial charge in [-0.15, -0.1) is 0 Å². The predicted octanol–water partition coefficient (Wildman–Crippen LogP) is 1.43. The van der Waals surface area contributed by atoms with Gasteiger partial charge < -0.3 is 15.0 Å². The number of ether oxygens (including phenoxy) is 1. The molecule has 2 heterocycles. The molecule has 0 amide bonds. The van der Waals surface area contributed by atoms with Crippen LogP contribution in [-0.2, 0) is 6.54 Å². The first-order chi connectivity index (χ1) is 7.38. The molecule has 0 unspecified atom stereocenters. The molecule has 0 atom stereocenters. The van der Waals surface area contributed by atoms with Gasteiger partial charge in [-0.3, -0.25) is 0 Å². The molecule has 0 fully saturated rings. The second-order valence-electron chi connectivity index (χ2n) is 2.97. The molecule has 2 aromatic rings. The number of anilines is 1. The van der Waals surface area contributed by atoms with Gasteiger partial charge in [-0.05, 0) is 12.1 Å². The fourth-order valence-electron chi connectivity index (χ4n) is 1.17. The normalized spacial score (nSPS) is 9.93. The van der Waals surface area contributed by atoms with Crippen LogP contribution in [0.3, 0.4) is 0 Å². The summed E-state index contributed by atoms with van der Waals surface area (Å²) in [5.41, 5.74) is 0. The summed E-state index contributed by atoms with van der Waals surface area (Å²) in [5.74, 6) is 2.43. The van der Waals surface area contributed by atoms with E-state index >= 15 is 0 Å². The van der Waals surface area contributed by atoms with Crippen molar-refractivity contribution in [1.82, 2.24) is 15.0 Å². The van der Waals surface area contributed by atoms with Crippen molar-refractivity contribution in [1.29, 1.82) is 0 Å². The maximum absolute atomic E-state index is 5.01. The number of rotatable bonds is 4. The number of imidazole rings is 1. The first-order valence-corrected chi connectivity index (χ1v) is 4.60. The molecule has 0 saturated heterocycles. The molecule has 2 aromatic heterocycles. The fourth-order valence-corrected chi connectivity index (χ4v) is 1.17. The number of H-pyrrole nitrogens is 1. The van der Waals surface area contributed by atoms with Crippen LogP contribution in [0.15, 0.2) is 30.7 Å². The van der Waals surface area contributed by atoms with Crippen molar-refractivity contribution in [3.05, 3.63) is 36.5 Å². The van der Waals surface area contributed by atoms with Crippen LogP contribution < -0.4 is 10.1 Å². The lowest BCUT2D eigenvalue weighted by atomic mass is 10.4. The van der Waals surface area contributed by atoms with Crippen molar-refractivity contribution in [2.75, 3.05) is 12.4 Å².